The van der Waals surface area contributed by atoms with Gasteiger partial charge in [-0.3, -0.25) is 9.69 Å². The van der Waals surface area contributed by atoms with Crippen LogP contribution in [0.5, 0.6) is 11.6 Å². The lowest BCUT2D eigenvalue weighted by molar-refractivity contribution is -0.117. The Balaban J connectivity index is 1.26. The Hall–Kier alpha value is -3.12. The third-order valence-electron chi connectivity index (χ3n) is 7.07. The molecule has 11 heteroatoms. The zero-order valence-electron chi connectivity index (χ0n) is 19.8. The molecule has 1 aromatic heterocycles. The number of nitrogens with two attached hydrogens (primary N) is 1. The highest BCUT2D eigenvalue weighted by Crippen LogP contribution is 2.48. The molecule has 5 heterocycles. The van der Waals surface area contributed by atoms with Gasteiger partial charge in [0.05, 0.1) is 53.5 Å². The summed E-state index contributed by atoms with van der Waals surface area (Å²) < 4.78 is 11.2. The van der Waals surface area contributed by atoms with Gasteiger partial charge in [-0.2, -0.15) is 0 Å². The van der Waals surface area contributed by atoms with Crippen LogP contribution >= 0.6 is 11.8 Å². The van der Waals surface area contributed by atoms with Gasteiger partial charge in [0.2, 0.25) is 5.88 Å². The van der Waals surface area contributed by atoms with Crippen LogP contribution in [0.2, 0.25) is 0 Å². The Bertz CT molecular complexity index is 1220. The first-order valence-electron chi connectivity index (χ1n) is 12.1. The van der Waals surface area contributed by atoms with E-state index in [1.165, 1.54) is 11.8 Å². The van der Waals surface area contributed by atoms with E-state index in [-0.39, 0.29) is 41.4 Å². The summed E-state index contributed by atoms with van der Waals surface area (Å²) in [5.41, 5.74) is 8.35. The third kappa shape index (κ3) is 4.11. The van der Waals surface area contributed by atoms with Gasteiger partial charge in [-0.1, -0.05) is 30.0 Å². The highest BCUT2D eigenvalue weighted by atomic mass is 32.2. The number of piperidine rings is 1. The summed E-state index contributed by atoms with van der Waals surface area (Å²) >= 11 is 1.47. The number of anilines is 1. The Kier molecular flexibility index (Phi) is 6.08. The second-order valence-electron chi connectivity index (χ2n) is 9.42. The van der Waals surface area contributed by atoms with E-state index >= 15 is 0 Å². The van der Waals surface area contributed by atoms with Gasteiger partial charge in [-0.15, -0.1) is 0 Å². The molecule has 0 bridgehead atoms. The van der Waals surface area contributed by atoms with Crippen molar-refractivity contribution in [3.05, 3.63) is 58.8 Å². The molecule has 5 atom stereocenters. The van der Waals surface area contributed by atoms with Crippen molar-refractivity contribution >= 4 is 29.4 Å². The number of nitrogens with zero attached hydrogens (tertiary/aromatic N) is 2. The number of rotatable bonds is 5. The molecule has 10 nitrogen and oxygen atoms in total. The van der Waals surface area contributed by atoms with Gasteiger partial charge in [0.1, 0.15) is 5.75 Å². The van der Waals surface area contributed by atoms with E-state index in [1.54, 1.807) is 11.1 Å². The number of pyridine rings is 1. The van der Waals surface area contributed by atoms with E-state index in [2.05, 4.69) is 20.9 Å². The van der Waals surface area contributed by atoms with Crippen LogP contribution in [-0.2, 0) is 9.53 Å². The number of amides is 3. The van der Waals surface area contributed by atoms with Gasteiger partial charge < -0.3 is 31.2 Å². The number of para-hydroxylation sites is 1. The number of benzene rings is 1. The van der Waals surface area contributed by atoms with Gasteiger partial charge in [-0.25, -0.2) is 9.78 Å². The summed E-state index contributed by atoms with van der Waals surface area (Å²) in [6.07, 6.45) is 2.45. The standard InChI is InChI=1S/C25H28N6O4S/c1-13-9-19(35-14-5-3-2-4-6-14)28-10-18(13)31-17-7-8-27-24-20(17)21(30-25(31)33)22(36-24)23(32)29-16-12-34-11-15(16)26/h2-6,9-10,15-17,20,24,27H,7-8,11-12,26H2,1H3,(H,29,32)(H,30,33)/t15-,16+,17?,20?,24?/m0/s1. The average Bonchev–Trinajstić information content (AvgIpc) is 3.45. The fourth-order valence-electron chi connectivity index (χ4n) is 5.30. The fraction of sp³-hybridized carbons (Fsp3) is 0.400. The van der Waals surface area contributed by atoms with Crippen LogP contribution in [0.15, 0.2) is 53.2 Å². The molecule has 188 valence electrons. The fourth-order valence-corrected chi connectivity index (χ4v) is 6.70. The first-order chi connectivity index (χ1) is 17.5. The number of hydrogen-bond acceptors (Lipinski definition) is 8. The van der Waals surface area contributed by atoms with Crippen LogP contribution in [-0.4, -0.2) is 60.2 Å². The van der Waals surface area contributed by atoms with E-state index in [9.17, 15) is 9.59 Å². The van der Waals surface area contributed by atoms with E-state index in [4.69, 9.17) is 15.2 Å². The van der Waals surface area contributed by atoms with Crippen molar-refractivity contribution in [1.29, 1.82) is 0 Å². The van der Waals surface area contributed by atoms with Crippen molar-refractivity contribution in [1.82, 2.24) is 20.9 Å². The predicted octanol–water partition coefficient (Wildman–Crippen LogP) is 1.82. The van der Waals surface area contributed by atoms with Gasteiger partial charge in [-0.05, 0) is 37.6 Å². The normalized spacial score (nSPS) is 29.1. The third-order valence-corrected chi connectivity index (χ3v) is 8.43. The summed E-state index contributed by atoms with van der Waals surface area (Å²) in [6.45, 7) is 3.51. The second-order valence-corrected chi connectivity index (χ2v) is 10.6. The van der Waals surface area contributed by atoms with Crippen LogP contribution < -0.4 is 31.3 Å². The van der Waals surface area contributed by atoms with Crippen molar-refractivity contribution in [2.45, 2.75) is 36.8 Å². The van der Waals surface area contributed by atoms with E-state index in [0.29, 0.717) is 35.4 Å². The average molecular weight is 509 g/mol. The van der Waals surface area contributed by atoms with Crippen molar-refractivity contribution in [3.63, 3.8) is 0 Å². The topological polar surface area (TPSA) is 131 Å². The molecule has 4 aliphatic rings. The van der Waals surface area contributed by atoms with E-state index in [1.807, 2.05) is 43.3 Å². The van der Waals surface area contributed by atoms with Crippen molar-refractivity contribution in [2.75, 3.05) is 24.7 Å². The molecule has 36 heavy (non-hydrogen) atoms. The van der Waals surface area contributed by atoms with Gasteiger partial charge in [0.15, 0.2) is 0 Å². The molecular weight excluding hydrogens is 480 g/mol. The minimum absolute atomic E-state index is 0.00921. The van der Waals surface area contributed by atoms with Crippen molar-refractivity contribution < 1.29 is 19.1 Å². The van der Waals surface area contributed by atoms with Crippen LogP contribution in [0.4, 0.5) is 10.5 Å². The lowest BCUT2D eigenvalue weighted by Gasteiger charge is -2.46. The SMILES string of the molecule is Cc1cc(Oc2ccccc2)ncc1N1C(=O)NC2=C(C(=O)N[C@@H]3COC[C@@H]3N)SC3NCCC1C23. The van der Waals surface area contributed by atoms with Gasteiger partial charge in [0.25, 0.3) is 5.91 Å². The summed E-state index contributed by atoms with van der Waals surface area (Å²) in [4.78, 5) is 33.4. The molecule has 3 fully saturated rings. The number of nitrogens with one attached hydrogen (secondary N) is 3. The number of aryl methyl sites for hydroxylation is 1. The molecule has 3 amide bonds. The first kappa shape index (κ1) is 23.3. The zero-order valence-corrected chi connectivity index (χ0v) is 20.6. The molecule has 3 unspecified atom stereocenters. The number of carbonyl (C=O) groups excluding carboxylic acids is 2. The number of ether oxygens (including phenoxy) is 2. The quantitative estimate of drug-likeness (QED) is 0.481. The smallest absolute Gasteiger partial charge is 0.326 e. The Labute approximate surface area is 213 Å². The van der Waals surface area contributed by atoms with Gasteiger partial charge >= 0.3 is 6.03 Å². The molecule has 4 aliphatic heterocycles. The van der Waals surface area contributed by atoms with Gasteiger partial charge in [0, 0.05) is 17.7 Å². The highest BCUT2D eigenvalue weighted by molar-refractivity contribution is 8.04. The summed E-state index contributed by atoms with van der Waals surface area (Å²) in [6, 6.07) is 10.5. The van der Waals surface area contributed by atoms with E-state index < -0.39 is 0 Å². The van der Waals surface area contributed by atoms with Crippen LogP contribution in [0.25, 0.3) is 0 Å². The maximum atomic E-state index is 13.5. The van der Waals surface area contributed by atoms with Crippen molar-refractivity contribution in [3.8, 4) is 11.6 Å². The number of carbonyl (C=O) groups is 2. The minimum atomic E-state index is -0.262. The molecule has 0 radical (unpaired) electrons. The first-order valence-corrected chi connectivity index (χ1v) is 13.0. The van der Waals surface area contributed by atoms with Crippen LogP contribution in [0.3, 0.4) is 0 Å². The number of hydrogen-bond donors (Lipinski definition) is 4. The largest absolute Gasteiger partial charge is 0.439 e. The zero-order chi connectivity index (χ0) is 24.8. The monoisotopic (exact) mass is 508 g/mol. The lowest BCUT2D eigenvalue weighted by Crippen LogP contribution is -2.62. The Morgan fingerprint density at radius 1 is 1.31 bits per heavy atom. The molecule has 0 saturated carbocycles. The van der Waals surface area contributed by atoms with Crippen molar-refractivity contribution in [2.24, 2.45) is 11.7 Å². The second kappa shape index (κ2) is 9.40. The lowest BCUT2D eigenvalue weighted by atomic mass is 9.86. The summed E-state index contributed by atoms with van der Waals surface area (Å²) in [5.74, 6) is 0.899. The molecule has 3 saturated heterocycles. The molecule has 1 aromatic carbocycles. The van der Waals surface area contributed by atoms with E-state index in [0.717, 1.165) is 24.2 Å². The molecule has 5 N–H and O–H groups in total. The molecular formula is C25H28N6O4S. The minimum Gasteiger partial charge on any atom is -0.439 e. The van der Waals surface area contributed by atoms with Crippen LogP contribution in [0.1, 0.15) is 12.0 Å². The number of aromatic nitrogens is 1. The maximum Gasteiger partial charge on any atom is 0.326 e. The van der Waals surface area contributed by atoms with Crippen LogP contribution in [0, 0.1) is 12.8 Å². The summed E-state index contributed by atoms with van der Waals surface area (Å²) in [5, 5.41) is 9.52. The highest BCUT2D eigenvalue weighted by Gasteiger charge is 2.52. The molecule has 0 spiro atoms. The maximum absolute atomic E-state index is 13.5. The predicted molar refractivity (Wildman–Crippen MR) is 136 cm³/mol. The Morgan fingerprint density at radius 2 is 2.14 bits per heavy atom. The molecule has 2 aromatic rings. The molecule has 6 rings (SSSR count). The summed E-state index contributed by atoms with van der Waals surface area (Å²) in [7, 11) is 0. The Morgan fingerprint density at radius 3 is 2.89 bits per heavy atom. The number of thioether (sulfide) groups is 1. The molecule has 0 aliphatic carbocycles. The number of urea groups is 1.